The number of esters is 2. The molecule has 0 amide bonds. The van der Waals surface area contributed by atoms with Crippen LogP contribution in [-0.4, -0.2) is 75.1 Å². The molecule has 7 aliphatic rings. The minimum absolute atomic E-state index is 0.0146. The third kappa shape index (κ3) is 8.20. The van der Waals surface area contributed by atoms with E-state index in [1.165, 1.54) is 68.1 Å². The number of nitrogens with one attached hydrogen (secondary N) is 1. The molecule has 2 aromatic rings. The molecule has 0 radical (unpaired) electrons. The van der Waals surface area contributed by atoms with Crippen molar-refractivity contribution in [3.8, 4) is 0 Å². The molecule has 8 nitrogen and oxygen atoms in total. The van der Waals surface area contributed by atoms with Crippen molar-refractivity contribution < 1.29 is 27.5 Å². The van der Waals surface area contributed by atoms with Crippen LogP contribution in [0.3, 0.4) is 0 Å². The van der Waals surface area contributed by atoms with Gasteiger partial charge in [0.15, 0.2) is 9.84 Å². The average molecular weight is 919 g/mol. The summed E-state index contributed by atoms with van der Waals surface area (Å²) < 4.78 is 36.2. The molecule has 1 saturated heterocycles. The molecular formula is C57H78N2O6S. The van der Waals surface area contributed by atoms with Gasteiger partial charge < -0.3 is 19.7 Å². The van der Waals surface area contributed by atoms with Crippen LogP contribution in [0.15, 0.2) is 96.1 Å². The molecule has 0 spiro atoms. The molecule has 1 aliphatic heterocycles. The molecule has 0 aromatic heterocycles. The van der Waals surface area contributed by atoms with Gasteiger partial charge in [0.2, 0.25) is 0 Å². The minimum atomic E-state index is -2.89. The van der Waals surface area contributed by atoms with E-state index < -0.39 is 21.2 Å². The lowest BCUT2D eigenvalue weighted by Crippen LogP contribution is -2.68. The Labute approximate surface area is 396 Å². The first kappa shape index (κ1) is 47.5. The highest BCUT2D eigenvalue weighted by atomic mass is 32.2. The predicted octanol–water partition coefficient (Wildman–Crippen LogP) is 10.9. The van der Waals surface area contributed by atoms with Crippen molar-refractivity contribution in [1.29, 1.82) is 0 Å². The first-order valence-electron chi connectivity index (χ1n) is 25.5. The second kappa shape index (κ2) is 17.8. The minimum Gasteiger partial charge on any atom is -0.461 e. The van der Waals surface area contributed by atoms with Crippen LogP contribution in [0.25, 0.3) is 0 Å². The number of hydrogen-bond acceptors (Lipinski definition) is 8. The van der Waals surface area contributed by atoms with Crippen LogP contribution in [-0.2, 0) is 30.7 Å². The zero-order chi connectivity index (χ0) is 46.8. The maximum absolute atomic E-state index is 14.1. The van der Waals surface area contributed by atoms with Crippen molar-refractivity contribution in [2.75, 3.05) is 44.3 Å². The molecule has 6 aliphatic carbocycles. The Morgan fingerprint density at radius 1 is 0.788 bits per heavy atom. The Bertz CT molecular complexity index is 2330. The molecule has 358 valence electrons. The molecule has 9 heteroatoms. The molecule has 66 heavy (non-hydrogen) atoms. The second-order valence-corrected chi connectivity index (χ2v) is 25.8. The summed E-state index contributed by atoms with van der Waals surface area (Å²) in [6, 6.07) is 18.8. The number of allylic oxidation sites excluding steroid dienone is 5. The van der Waals surface area contributed by atoms with Gasteiger partial charge in [0.05, 0.1) is 17.1 Å². The van der Waals surface area contributed by atoms with E-state index in [4.69, 9.17) is 9.47 Å². The van der Waals surface area contributed by atoms with Crippen molar-refractivity contribution in [1.82, 2.24) is 10.2 Å². The van der Waals surface area contributed by atoms with E-state index in [9.17, 15) is 18.0 Å². The molecule has 0 bridgehead atoms. The molecule has 4 saturated carbocycles. The molecule has 2 aromatic carbocycles. The highest BCUT2D eigenvalue weighted by Crippen LogP contribution is 2.76. The molecule has 1 N–H and O–H groups in total. The first-order valence-corrected chi connectivity index (χ1v) is 27.4. The number of carbonyl (C=O) groups is 2. The molecule has 5 fully saturated rings. The van der Waals surface area contributed by atoms with Gasteiger partial charge in [-0.05, 0) is 164 Å². The maximum atomic E-state index is 14.1. The summed E-state index contributed by atoms with van der Waals surface area (Å²) in [5.74, 6) is 2.79. The van der Waals surface area contributed by atoms with E-state index in [0.717, 1.165) is 31.5 Å². The molecular weight excluding hydrogens is 841 g/mol. The van der Waals surface area contributed by atoms with Gasteiger partial charge >= 0.3 is 11.9 Å². The summed E-state index contributed by atoms with van der Waals surface area (Å²) in [6.45, 7) is 23.3. The van der Waals surface area contributed by atoms with Crippen molar-refractivity contribution in [2.24, 2.45) is 56.7 Å². The van der Waals surface area contributed by atoms with Gasteiger partial charge in [-0.3, -0.25) is 4.79 Å². The number of ether oxygens (including phenoxy) is 2. The molecule has 1 heterocycles. The van der Waals surface area contributed by atoms with Gasteiger partial charge in [-0.25, -0.2) is 13.2 Å². The zero-order valence-electron chi connectivity index (χ0n) is 41.0. The summed E-state index contributed by atoms with van der Waals surface area (Å²) in [7, 11) is -2.89. The summed E-state index contributed by atoms with van der Waals surface area (Å²) in [5, 5.41) is 4.23. The number of hydrogen-bond donors (Lipinski definition) is 1. The lowest BCUT2D eigenvalue weighted by atomic mass is 9.33. The highest BCUT2D eigenvalue weighted by Gasteiger charge is 2.70. The summed E-state index contributed by atoms with van der Waals surface area (Å²) in [5.41, 5.74) is 5.35. The van der Waals surface area contributed by atoms with E-state index in [0.29, 0.717) is 61.1 Å². The normalized spacial score (nSPS) is 38.0. The number of sulfone groups is 1. The van der Waals surface area contributed by atoms with Crippen LogP contribution in [0.5, 0.6) is 0 Å². The quantitative estimate of drug-likeness (QED) is 0.166. The Kier molecular flexibility index (Phi) is 12.8. The largest absolute Gasteiger partial charge is 0.461 e. The van der Waals surface area contributed by atoms with E-state index in [1.807, 2.05) is 48.5 Å². The van der Waals surface area contributed by atoms with Crippen LogP contribution < -0.4 is 5.32 Å². The summed E-state index contributed by atoms with van der Waals surface area (Å²) in [6.07, 6.45) is 17.7. The van der Waals surface area contributed by atoms with E-state index in [1.54, 1.807) is 12.1 Å². The van der Waals surface area contributed by atoms with Gasteiger partial charge in [-0.2, -0.15) is 0 Å². The first-order chi connectivity index (χ1) is 31.4. The topological polar surface area (TPSA) is 102 Å². The van der Waals surface area contributed by atoms with Gasteiger partial charge in [0.1, 0.15) is 18.6 Å². The van der Waals surface area contributed by atoms with E-state index in [2.05, 4.69) is 70.5 Å². The van der Waals surface area contributed by atoms with E-state index >= 15 is 0 Å². The van der Waals surface area contributed by atoms with Crippen LogP contribution in [0, 0.1) is 56.7 Å². The number of benzene rings is 2. The molecule has 9 rings (SSSR count). The Morgan fingerprint density at radius 3 is 2.18 bits per heavy atom. The lowest BCUT2D eigenvalue weighted by molar-refractivity contribution is -0.221. The standard InChI is InChI=1S/C57H78N2O6S/c1-40(2)44-22-29-57(58-32-33-59-34-36-66(62,63)37-35-59)31-30-54(6)46(49(44)57)18-19-48-53(5)25-23-45(52(3,4)47(53)24-26-55(48,54)7)42-20-27-56(28-21-42,39-65-50(60)43-16-12-9-13-17-43)51(61)64-38-41-14-10-8-11-15-41/h8-17,20,23,44,46-49,58H,1,18-19,21-22,24-39H2,2-7H3/t44-,46+,47-,48+,49+,53-,54+,55+,56?,57-/m0/s1. The van der Waals surface area contributed by atoms with Crippen LogP contribution >= 0.6 is 0 Å². The fourth-order valence-corrected chi connectivity index (χ4v) is 17.6. The van der Waals surface area contributed by atoms with Crippen LogP contribution in [0.1, 0.15) is 135 Å². The monoisotopic (exact) mass is 919 g/mol. The fourth-order valence-electron chi connectivity index (χ4n) is 16.3. The average Bonchev–Trinajstić information content (AvgIpc) is 3.69. The Hall–Kier alpha value is -3.53. The molecule has 10 atom stereocenters. The lowest BCUT2D eigenvalue weighted by Gasteiger charge is -2.72. The van der Waals surface area contributed by atoms with Gasteiger partial charge in [0.25, 0.3) is 0 Å². The summed E-state index contributed by atoms with van der Waals surface area (Å²) >= 11 is 0. The third-order valence-corrected chi connectivity index (χ3v) is 21.7. The van der Waals surface area contributed by atoms with Crippen molar-refractivity contribution in [3.05, 3.63) is 107 Å². The Balaban J connectivity index is 0.932. The van der Waals surface area contributed by atoms with Gasteiger partial charge in [-0.15, -0.1) is 0 Å². The number of fused-ring (bicyclic) bond motifs is 7. The Morgan fingerprint density at radius 2 is 1.50 bits per heavy atom. The van der Waals surface area contributed by atoms with Crippen molar-refractivity contribution >= 4 is 21.8 Å². The predicted molar refractivity (Wildman–Crippen MR) is 263 cm³/mol. The van der Waals surface area contributed by atoms with E-state index in [-0.39, 0.29) is 57.9 Å². The maximum Gasteiger partial charge on any atom is 0.338 e. The van der Waals surface area contributed by atoms with Crippen LogP contribution in [0.4, 0.5) is 0 Å². The summed E-state index contributed by atoms with van der Waals surface area (Å²) in [4.78, 5) is 29.7. The number of nitrogens with zero attached hydrogens (tertiary/aromatic N) is 1. The fraction of sp³-hybridized carbons (Fsp3) is 0.649. The van der Waals surface area contributed by atoms with Crippen molar-refractivity contribution in [2.45, 2.75) is 131 Å². The third-order valence-electron chi connectivity index (χ3n) is 20.1. The highest BCUT2D eigenvalue weighted by molar-refractivity contribution is 7.91. The molecule has 1 unspecified atom stereocenters. The number of carbonyl (C=O) groups excluding carboxylic acids is 2. The van der Waals surface area contributed by atoms with Crippen molar-refractivity contribution in [3.63, 3.8) is 0 Å². The number of rotatable bonds is 12. The zero-order valence-corrected chi connectivity index (χ0v) is 41.8. The van der Waals surface area contributed by atoms with Gasteiger partial charge in [0, 0.05) is 31.7 Å². The smallest absolute Gasteiger partial charge is 0.338 e. The van der Waals surface area contributed by atoms with Crippen LogP contribution in [0.2, 0.25) is 0 Å². The SMILES string of the molecule is C=C(C)[C@@H]1CC[C@]2(NCCN3CCS(=O)(=O)CC3)CC[C@]3(C)[C@H](CC[C@@H]4[C@@]5(C)CC=C(C6=CCC(COC(=O)c7ccccc7)(C(=O)OCc7ccccc7)CC6)C(C)(C)[C@@H]5CC[C@]43C)[C@@H]12. The van der Waals surface area contributed by atoms with Gasteiger partial charge in [-0.1, -0.05) is 107 Å². The second-order valence-electron chi connectivity index (χ2n) is 23.5.